The Morgan fingerprint density at radius 1 is 1.53 bits per heavy atom. The molecule has 0 aliphatic carbocycles. The lowest BCUT2D eigenvalue weighted by Gasteiger charge is -2.20. The van der Waals surface area contributed by atoms with Gasteiger partial charge in [0.25, 0.3) is 0 Å². The lowest BCUT2D eigenvalue weighted by atomic mass is 9.93. The van der Waals surface area contributed by atoms with Crippen molar-refractivity contribution in [1.29, 1.82) is 0 Å². The van der Waals surface area contributed by atoms with Gasteiger partial charge in [-0.1, -0.05) is 6.07 Å². The van der Waals surface area contributed by atoms with E-state index in [1.165, 1.54) is 4.88 Å². The Kier molecular flexibility index (Phi) is 1.85. The predicted octanol–water partition coefficient (Wildman–Crippen LogP) is 1.95. The first-order chi connectivity index (χ1) is 7.34. The number of hydrogen-bond acceptors (Lipinski definition) is 3. The van der Waals surface area contributed by atoms with Gasteiger partial charge in [-0.15, -0.1) is 11.3 Å². The molecule has 0 spiro atoms. The topological polar surface area (TPSA) is 57.8 Å². The van der Waals surface area contributed by atoms with Crippen LogP contribution in [-0.4, -0.2) is 16.1 Å². The second-order valence-electron chi connectivity index (χ2n) is 3.52. The van der Waals surface area contributed by atoms with Crippen molar-refractivity contribution >= 4 is 23.1 Å². The Balaban J connectivity index is 2.08. The maximum Gasteiger partial charge on any atom is 0.226 e. The summed E-state index contributed by atoms with van der Waals surface area (Å²) >= 11 is 1.68. The molecule has 76 valence electrons. The van der Waals surface area contributed by atoms with Crippen molar-refractivity contribution in [2.45, 2.75) is 12.3 Å². The fourth-order valence-electron chi connectivity index (χ4n) is 1.89. The van der Waals surface area contributed by atoms with Crippen LogP contribution >= 0.6 is 11.3 Å². The second kappa shape index (κ2) is 3.20. The number of aromatic amines is 1. The van der Waals surface area contributed by atoms with E-state index in [0.29, 0.717) is 6.42 Å². The zero-order valence-electron chi connectivity index (χ0n) is 7.86. The third kappa shape index (κ3) is 1.35. The molecule has 0 unspecified atom stereocenters. The minimum absolute atomic E-state index is 0.0464. The van der Waals surface area contributed by atoms with E-state index in [-0.39, 0.29) is 11.8 Å². The van der Waals surface area contributed by atoms with Crippen molar-refractivity contribution in [2.75, 3.05) is 5.32 Å². The Labute approximate surface area is 90.3 Å². The summed E-state index contributed by atoms with van der Waals surface area (Å²) in [6.45, 7) is 0. The van der Waals surface area contributed by atoms with Crippen LogP contribution in [0.15, 0.2) is 23.7 Å². The first-order valence-corrected chi connectivity index (χ1v) is 5.59. The van der Waals surface area contributed by atoms with Crippen molar-refractivity contribution in [3.8, 4) is 0 Å². The highest BCUT2D eigenvalue weighted by molar-refractivity contribution is 7.10. The highest BCUT2D eigenvalue weighted by atomic mass is 32.1. The molecule has 1 amide bonds. The molecular formula is C10H9N3OS. The molecule has 3 rings (SSSR count). The molecule has 1 atom stereocenters. The van der Waals surface area contributed by atoms with Crippen molar-refractivity contribution in [3.05, 3.63) is 34.2 Å². The lowest BCUT2D eigenvalue weighted by molar-refractivity contribution is -0.116. The van der Waals surface area contributed by atoms with Gasteiger partial charge >= 0.3 is 0 Å². The van der Waals surface area contributed by atoms with Gasteiger partial charge in [0, 0.05) is 22.8 Å². The molecule has 0 aromatic carbocycles. The van der Waals surface area contributed by atoms with Gasteiger partial charge in [-0.25, -0.2) is 0 Å². The monoisotopic (exact) mass is 219 g/mol. The largest absolute Gasteiger partial charge is 0.311 e. The summed E-state index contributed by atoms with van der Waals surface area (Å²) in [7, 11) is 0. The van der Waals surface area contributed by atoms with Crippen molar-refractivity contribution in [1.82, 2.24) is 10.2 Å². The average Bonchev–Trinajstić information content (AvgIpc) is 2.86. The number of hydrogen-bond donors (Lipinski definition) is 2. The molecule has 3 heterocycles. The number of amides is 1. The van der Waals surface area contributed by atoms with Crippen LogP contribution in [0.25, 0.3) is 0 Å². The smallest absolute Gasteiger partial charge is 0.226 e. The number of nitrogens with one attached hydrogen (secondary N) is 2. The number of carbonyl (C=O) groups excluding carboxylic acids is 1. The third-order valence-electron chi connectivity index (χ3n) is 2.58. The van der Waals surface area contributed by atoms with Crippen molar-refractivity contribution in [2.24, 2.45) is 0 Å². The molecule has 5 heteroatoms. The van der Waals surface area contributed by atoms with Crippen molar-refractivity contribution in [3.63, 3.8) is 0 Å². The Morgan fingerprint density at radius 2 is 2.47 bits per heavy atom. The number of anilines is 1. The van der Waals surface area contributed by atoms with E-state index >= 15 is 0 Å². The molecule has 1 aliphatic heterocycles. The number of nitrogens with zero attached hydrogens (tertiary/aromatic N) is 1. The maximum absolute atomic E-state index is 11.5. The normalized spacial score (nSPS) is 19.7. The Morgan fingerprint density at radius 3 is 3.27 bits per heavy atom. The second-order valence-corrected chi connectivity index (χ2v) is 4.50. The average molecular weight is 219 g/mol. The van der Waals surface area contributed by atoms with Crippen LogP contribution in [0.3, 0.4) is 0 Å². The summed E-state index contributed by atoms with van der Waals surface area (Å²) in [5.41, 5.74) is 1.08. The highest BCUT2D eigenvalue weighted by Gasteiger charge is 2.28. The van der Waals surface area contributed by atoms with Gasteiger partial charge in [-0.3, -0.25) is 9.89 Å². The van der Waals surface area contributed by atoms with Crippen LogP contribution in [0.5, 0.6) is 0 Å². The predicted molar refractivity (Wildman–Crippen MR) is 58.0 cm³/mol. The fraction of sp³-hybridized carbons (Fsp3) is 0.200. The standard InChI is InChI=1S/C10H9N3OS/c14-9-4-6(8-2-1-3-15-8)7-5-11-13-10(7)12-9/h1-3,5-6H,4H2,(H2,11,12,13,14)/t6-/m0/s1. The molecule has 0 saturated heterocycles. The van der Waals surface area contributed by atoms with Crippen LogP contribution in [0.1, 0.15) is 22.8 Å². The van der Waals surface area contributed by atoms with E-state index in [1.54, 1.807) is 17.5 Å². The molecule has 0 saturated carbocycles. The van der Waals surface area contributed by atoms with E-state index < -0.39 is 0 Å². The summed E-state index contributed by atoms with van der Waals surface area (Å²) in [5, 5.41) is 11.6. The fourth-order valence-corrected chi connectivity index (χ4v) is 2.73. The first-order valence-electron chi connectivity index (χ1n) is 4.71. The number of thiophene rings is 1. The van der Waals surface area contributed by atoms with Crippen molar-refractivity contribution < 1.29 is 4.79 Å². The zero-order chi connectivity index (χ0) is 10.3. The molecule has 4 nitrogen and oxygen atoms in total. The molecule has 0 bridgehead atoms. The number of aromatic nitrogens is 2. The lowest BCUT2D eigenvalue weighted by Crippen LogP contribution is -2.22. The molecule has 2 aromatic heterocycles. The molecule has 0 radical (unpaired) electrons. The molecule has 1 aliphatic rings. The van der Waals surface area contributed by atoms with Gasteiger partial charge < -0.3 is 5.32 Å². The van der Waals surface area contributed by atoms with Gasteiger partial charge in [-0.05, 0) is 11.4 Å². The minimum atomic E-state index is 0.0464. The van der Waals surface area contributed by atoms with Crippen LogP contribution in [0, 0.1) is 0 Å². The number of fused-ring (bicyclic) bond motifs is 1. The van der Waals surface area contributed by atoms with Gasteiger partial charge in [0.1, 0.15) is 5.82 Å². The van der Waals surface area contributed by atoms with E-state index in [0.717, 1.165) is 11.4 Å². The van der Waals surface area contributed by atoms with E-state index in [4.69, 9.17) is 0 Å². The maximum atomic E-state index is 11.5. The molecule has 2 N–H and O–H groups in total. The molecule has 0 fully saturated rings. The van der Waals surface area contributed by atoms with Gasteiger partial charge in [0.15, 0.2) is 0 Å². The van der Waals surface area contributed by atoms with E-state index in [1.807, 2.05) is 11.4 Å². The van der Waals surface area contributed by atoms with Gasteiger partial charge in [0.2, 0.25) is 5.91 Å². The molecule has 15 heavy (non-hydrogen) atoms. The Hall–Kier alpha value is -1.62. The minimum Gasteiger partial charge on any atom is -0.311 e. The number of H-pyrrole nitrogens is 1. The molecule has 2 aromatic rings. The van der Waals surface area contributed by atoms with Crippen LogP contribution in [0.4, 0.5) is 5.82 Å². The SMILES string of the molecule is O=C1C[C@H](c2cccs2)c2cn[nH]c2N1. The van der Waals surface area contributed by atoms with Crippen LogP contribution in [0.2, 0.25) is 0 Å². The zero-order valence-corrected chi connectivity index (χ0v) is 8.67. The quantitative estimate of drug-likeness (QED) is 0.770. The summed E-state index contributed by atoms with van der Waals surface area (Å²) in [6.07, 6.45) is 2.30. The summed E-state index contributed by atoms with van der Waals surface area (Å²) in [6, 6.07) is 4.07. The van der Waals surface area contributed by atoms with Crippen LogP contribution in [-0.2, 0) is 4.79 Å². The number of rotatable bonds is 1. The van der Waals surface area contributed by atoms with Crippen LogP contribution < -0.4 is 5.32 Å². The third-order valence-corrected chi connectivity index (χ3v) is 3.57. The van der Waals surface area contributed by atoms with Gasteiger partial charge in [0.05, 0.1) is 6.20 Å². The molecular weight excluding hydrogens is 210 g/mol. The van der Waals surface area contributed by atoms with E-state index in [2.05, 4.69) is 21.6 Å². The van der Waals surface area contributed by atoms with Gasteiger partial charge in [-0.2, -0.15) is 5.10 Å². The summed E-state index contributed by atoms with van der Waals surface area (Å²) in [5.74, 6) is 0.947. The highest BCUT2D eigenvalue weighted by Crippen LogP contribution is 2.37. The summed E-state index contributed by atoms with van der Waals surface area (Å²) in [4.78, 5) is 12.7. The Bertz CT molecular complexity index is 489. The first kappa shape index (κ1) is 8.67. The summed E-state index contributed by atoms with van der Waals surface area (Å²) < 4.78 is 0. The number of carbonyl (C=O) groups is 1. The van der Waals surface area contributed by atoms with E-state index in [9.17, 15) is 4.79 Å².